The Hall–Kier alpha value is -1.28. The fraction of sp³-hybridized carbons (Fsp3) is 0.724. The van der Waals surface area contributed by atoms with Crippen molar-refractivity contribution in [3.8, 4) is 5.75 Å². The van der Waals surface area contributed by atoms with Gasteiger partial charge in [-0.25, -0.2) is 0 Å². The number of hydrogen-bond acceptors (Lipinski definition) is 2. The van der Waals surface area contributed by atoms with Gasteiger partial charge in [-0.05, 0) is 119 Å². The van der Waals surface area contributed by atoms with Crippen molar-refractivity contribution in [2.45, 2.75) is 109 Å². The van der Waals surface area contributed by atoms with E-state index in [1.807, 2.05) is 6.08 Å². The zero-order valence-corrected chi connectivity index (χ0v) is 20.2. The Balaban J connectivity index is 1.33. The average Bonchev–Trinajstić information content (AvgIpc) is 2.81. The molecular formula is C29H46O2. The van der Waals surface area contributed by atoms with Crippen molar-refractivity contribution in [3.05, 3.63) is 42.0 Å². The van der Waals surface area contributed by atoms with Gasteiger partial charge in [-0.1, -0.05) is 31.9 Å². The van der Waals surface area contributed by atoms with Gasteiger partial charge in [0.1, 0.15) is 5.75 Å². The summed E-state index contributed by atoms with van der Waals surface area (Å²) in [6.45, 7) is 10.2. The standard InChI is InChI=1S/C29H46O2/c1-4-6-7-8-9-20-30-27-16-12-25(13-17-27)22-31-28-18-19-29(23(3)21-28)26-14-10-24(5-2)11-15-26/h4,18-19,21,24-27H,1,5-17,20,22H2,2-3H3. The Morgan fingerprint density at radius 1 is 0.935 bits per heavy atom. The van der Waals surface area contributed by atoms with Gasteiger partial charge in [-0.15, -0.1) is 6.58 Å². The van der Waals surface area contributed by atoms with Crippen LogP contribution in [0.5, 0.6) is 5.75 Å². The van der Waals surface area contributed by atoms with Gasteiger partial charge in [0, 0.05) is 6.61 Å². The van der Waals surface area contributed by atoms with Crippen molar-refractivity contribution >= 4 is 0 Å². The molecule has 0 amide bonds. The molecule has 0 saturated heterocycles. The van der Waals surface area contributed by atoms with E-state index in [1.165, 1.54) is 82.6 Å². The summed E-state index contributed by atoms with van der Waals surface area (Å²) >= 11 is 0. The maximum Gasteiger partial charge on any atom is 0.119 e. The van der Waals surface area contributed by atoms with Crippen LogP contribution in [0.25, 0.3) is 0 Å². The number of ether oxygens (including phenoxy) is 2. The average molecular weight is 427 g/mol. The van der Waals surface area contributed by atoms with Crippen LogP contribution in [-0.2, 0) is 4.74 Å². The molecule has 2 nitrogen and oxygen atoms in total. The van der Waals surface area contributed by atoms with Crippen molar-refractivity contribution in [3.63, 3.8) is 0 Å². The molecule has 0 heterocycles. The van der Waals surface area contributed by atoms with Crippen molar-refractivity contribution in [1.29, 1.82) is 0 Å². The van der Waals surface area contributed by atoms with Gasteiger partial charge in [0.05, 0.1) is 12.7 Å². The van der Waals surface area contributed by atoms with Crippen molar-refractivity contribution in [2.24, 2.45) is 11.8 Å². The maximum absolute atomic E-state index is 6.23. The number of benzene rings is 1. The molecular weight excluding hydrogens is 380 g/mol. The lowest BCUT2D eigenvalue weighted by Gasteiger charge is -2.30. The molecule has 0 N–H and O–H groups in total. The Bertz CT molecular complexity index is 636. The Kier molecular flexibility index (Phi) is 10.5. The Labute approximate surface area is 191 Å². The first-order valence-electron chi connectivity index (χ1n) is 13.1. The summed E-state index contributed by atoms with van der Waals surface area (Å²) in [5, 5.41) is 0. The van der Waals surface area contributed by atoms with Crippen LogP contribution in [0.3, 0.4) is 0 Å². The van der Waals surface area contributed by atoms with Gasteiger partial charge in [0.25, 0.3) is 0 Å². The van der Waals surface area contributed by atoms with E-state index < -0.39 is 0 Å². The molecule has 2 saturated carbocycles. The number of aryl methyl sites for hydroxylation is 1. The van der Waals surface area contributed by atoms with Gasteiger partial charge < -0.3 is 9.47 Å². The molecule has 0 radical (unpaired) electrons. The summed E-state index contributed by atoms with van der Waals surface area (Å²) in [4.78, 5) is 0. The van der Waals surface area contributed by atoms with E-state index in [0.29, 0.717) is 12.0 Å². The van der Waals surface area contributed by atoms with Crippen LogP contribution in [0.1, 0.15) is 107 Å². The van der Waals surface area contributed by atoms with E-state index in [2.05, 4.69) is 38.6 Å². The van der Waals surface area contributed by atoms with Crippen LogP contribution in [0, 0.1) is 18.8 Å². The highest BCUT2D eigenvalue weighted by Gasteiger charge is 2.24. The highest BCUT2D eigenvalue weighted by Crippen LogP contribution is 2.39. The fourth-order valence-corrected chi connectivity index (χ4v) is 5.57. The second-order valence-corrected chi connectivity index (χ2v) is 10.1. The smallest absolute Gasteiger partial charge is 0.119 e. The van der Waals surface area contributed by atoms with E-state index in [9.17, 15) is 0 Å². The minimum atomic E-state index is 0.472. The molecule has 1 aromatic carbocycles. The fourth-order valence-electron chi connectivity index (χ4n) is 5.57. The number of unbranched alkanes of at least 4 members (excludes halogenated alkanes) is 3. The van der Waals surface area contributed by atoms with Crippen LogP contribution in [-0.4, -0.2) is 19.3 Å². The second-order valence-electron chi connectivity index (χ2n) is 10.1. The van der Waals surface area contributed by atoms with Crippen molar-refractivity contribution in [2.75, 3.05) is 13.2 Å². The first-order valence-corrected chi connectivity index (χ1v) is 13.1. The molecule has 0 unspecified atom stereocenters. The lowest BCUT2D eigenvalue weighted by molar-refractivity contribution is 0.0111. The molecule has 3 rings (SSSR count). The van der Waals surface area contributed by atoms with Crippen LogP contribution < -0.4 is 4.74 Å². The molecule has 31 heavy (non-hydrogen) atoms. The SMILES string of the molecule is C=CCCCCCOC1CCC(COc2ccc(C3CCC(CC)CC3)c(C)c2)CC1. The first-order chi connectivity index (χ1) is 15.2. The quantitative estimate of drug-likeness (QED) is 0.247. The maximum atomic E-state index is 6.23. The Morgan fingerprint density at radius 3 is 2.35 bits per heavy atom. The molecule has 174 valence electrons. The van der Waals surface area contributed by atoms with Crippen molar-refractivity contribution < 1.29 is 9.47 Å². The van der Waals surface area contributed by atoms with Crippen molar-refractivity contribution in [1.82, 2.24) is 0 Å². The minimum Gasteiger partial charge on any atom is -0.493 e. The molecule has 0 spiro atoms. The lowest BCUT2D eigenvalue weighted by atomic mass is 9.77. The molecule has 2 heteroatoms. The van der Waals surface area contributed by atoms with Crippen LogP contribution in [0.4, 0.5) is 0 Å². The normalized spacial score (nSPS) is 26.5. The van der Waals surface area contributed by atoms with E-state index in [1.54, 1.807) is 5.56 Å². The summed E-state index contributed by atoms with van der Waals surface area (Å²) in [5.41, 5.74) is 2.98. The monoisotopic (exact) mass is 426 g/mol. The van der Waals surface area contributed by atoms with Gasteiger partial charge >= 0.3 is 0 Å². The summed E-state index contributed by atoms with van der Waals surface area (Å²) < 4.78 is 12.3. The van der Waals surface area contributed by atoms with E-state index in [0.717, 1.165) is 37.2 Å². The van der Waals surface area contributed by atoms with Gasteiger partial charge in [-0.3, -0.25) is 0 Å². The van der Waals surface area contributed by atoms with Crippen LogP contribution in [0.2, 0.25) is 0 Å². The van der Waals surface area contributed by atoms with E-state index in [-0.39, 0.29) is 0 Å². The van der Waals surface area contributed by atoms with E-state index >= 15 is 0 Å². The number of rotatable bonds is 12. The molecule has 0 atom stereocenters. The summed E-state index contributed by atoms with van der Waals surface area (Å²) in [7, 11) is 0. The largest absolute Gasteiger partial charge is 0.493 e. The van der Waals surface area contributed by atoms with Gasteiger partial charge in [0.2, 0.25) is 0 Å². The predicted octanol–water partition coefficient (Wildman–Crippen LogP) is 8.38. The molecule has 0 aromatic heterocycles. The minimum absolute atomic E-state index is 0.472. The van der Waals surface area contributed by atoms with Crippen LogP contribution in [0.15, 0.2) is 30.9 Å². The molecule has 0 aliphatic heterocycles. The molecule has 2 aliphatic carbocycles. The second kappa shape index (κ2) is 13.3. The lowest BCUT2D eigenvalue weighted by Crippen LogP contribution is -2.25. The summed E-state index contributed by atoms with van der Waals surface area (Å²) in [6, 6.07) is 6.85. The molecule has 1 aromatic rings. The summed E-state index contributed by atoms with van der Waals surface area (Å²) in [6.07, 6.45) is 19.0. The molecule has 2 aliphatic rings. The molecule has 0 bridgehead atoms. The molecule has 2 fully saturated rings. The third-order valence-electron chi connectivity index (χ3n) is 7.79. The van der Waals surface area contributed by atoms with E-state index in [4.69, 9.17) is 9.47 Å². The number of allylic oxidation sites excluding steroid dienone is 1. The van der Waals surface area contributed by atoms with Gasteiger partial charge in [0.15, 0.2) is 0 Å². The highest BCUT2D eigenvalue weighted by molar-refractivity contribution is 5.37. The van der Waals surface area contributed by atoms with Crippen LogP contribution >= 0.6 is 0 Å². The number of hydrogen-bond donors (Lipinski definition) is 0. The third-order valence-corrected chi connectivity index (χ3v) is 7.79. The third kappa shape index (κ3) is 7.97. The highest BCUT2D eigenvalue weighted by atomic mass is 16.5. The Morgan fingerprint density at radius 2 is 1.68 bits per heavy atom. The topological polar surface area (TPSA) is 18.5 Å². The zero-order valence-electron chi connectivity index (χ0n) is 20.2. The summed E-state index contributed by atoms with van der Waals surface area (Å²) in [5.74, 6) is 3.45. The predicted molar refractivity (Wildman–Crippen MR) is 132 cm³/mol. The van der Waals surface area contributed by atoms with Gasteiger partial charge in [-0.2, -0.15) is 0 Å². The zero-order chi connectivity index (χ0) is 21.9. The first kappa shape index (κ1) is 24.4.